The van der Waals surface area contributed by atoms with Crippen LogP contribution in [0.15, 0.2) is 31.0 Å². The first-order valence-corrected chi connectivity index (χ1v) is 6.02. The molecule has 0 radical (unpaired) electrons. The lowest BCUT2D eigenvalue weighted by Crippen LogP contribution is -2.11. The van der Waals surface area contributed by atoms with E-state index in [0.717, 1.165) is 23.4 Å². The Balaban J connectivity index is 1.71. The molecule has 0 aliphatic heterocycles. The zero-order chi connectivity index (χ0) is 13.2. The Morgan fingerprint density at radius 3 is 3.05 bits per heavy atom. The minimum absolute atomic E-state index is 0.671. The van der Waals surface area contributed by atoms with Gasteiger partial charge in [0.05, 0.1) is 30.3 Å². The van der Waals surface area contributed by atoms with Gasteiger partial charge in [-0.1, -0.05) is 0 Å². The summed E-state index contributed by atoms with van der Waals surface area (Å²) in [5.41, 5.74) is 8.22. The molecule has 0 unspecified atom stereocenters. The summed E-state index contributed by atoms with van der Waals surface area (Å²) in [6.45, 7) is 1.44. The summed E-state index contributed by atoms with van der Waals surface area (Å²) in [5, 5.41) is 7.40. The van der Waals surface area contributed by atoms with E-state index >= 15 is 0 Å². The standard InChI is InChI=1S/C12H15N7/c1-18-8-16-11-10(18)2-3-14-12(11)15-4-5-19-7-9(13)6-17-19/h2-3,6-8H,4-5,13H2,1H3,(H,14,15). The maximum Gasteiger partial charge on any atom is 0.154 e. The van der Waals surface area contributed by atoms with Gasteiger partial charge in [-0.2, -0.15) is 5.10 Å². The number of rotatable bonds is 4. The molecule has 0 saturated carbocycles. The van der Waals surface area contributed by atoms with Gasteiger partial charge in [-0.15, -0.1) is 0 Å². The van der Waals surface area contributed by atoms with Crippen LogP contribution in [0.2, 0.25) is 0 Å². The fourth-order valence-corrected chi connectivity index (χ4v) is 1.98. The third-order valence-electron chi connectivity index (χ3n) is 2.93. The summed E-state index contributed by atoms with van der Waals surface area (Å²) in [6, 6.07) is 1.95. The molecule has 0 fully saturated rings. The van der Waals surface area contributed by atoms with Gasteiger partial charge in [0.15, 0.2) is 5.82 Å². The summed E-state index contributed by atoms with van der Waals surface area (Å²) in [6.07, 6.45) is 7.00. The summed E-state index contributed by atoms with van der Waals surface area (Å²) < 4.78 is 3.76. The van der Waals surface area contributed by atoms with Crippen molar-refractivity contribution in [1.29, 1.82) is 0 Å². The van der Waals surface area contributed by atoms with E-state index in [1.54, 1.807) is 29.6 Å². The largest absolute Gasteiger partial charge is 0.396 e. The van der Waals surface area contributed by atoms with Gasteiger partial charge in [0.2, 0.25) is 0 Å². The Hall–Kier alpha value is -2.57. The van der Waals surface area contributed by atoms with Crippen molar-refractivity contribution >= 4 is 22.5 Å². The maximum absolute atomic E-state index is 5.61. The molecule has 0 bridgehead atoms. The SMILES string of the molecule is Cn1cnc2c(NCCn3cc(N)cn3)nccc21. The first kappa shape index (κ1) is 11.5. The average Bonchev–Trinajstić information content (AvgIpc) is 2.98. The lowest BCUT2D eigenvalue weighted by Gasteiger charge is -2.06. The minimum Gasteiger partial charge on any atom is -0.396 e. The molecule has 7 heteroatoms. The van der Waals surface area contributed by atoms with E-state index < -0.39 is 0 Å². The van der Waals surface area contributed by atoms with Gasteiger partial charge in [0.1, 0.15) is 5.52 Å². The lowest BCUT2D eigenvalue weighted by molar-refractivity contribution is 0.637. The molecule has 3 rings (SSSR count). The number of nitrogens with zero attached hydrogens (tertiary/aromatic N) is 5. The van der Waals surface area contributed by atoms with Gasteiger partial charge in [-0.05, 0) is 6.07 Å². The zero-order valence-electron chi connectivity index (χ0n) is 10.6. The highest BCUT2D eigenvalue weighted by Crippen LogP contribution is 2.18. The second-order valence-electron chi connectivity index (χ2n) is 4.35. The Morgan fingerprint density at radius 1 is 1.37 bits per heavy atom. The third kappa shape index (κ3) is 2.22. The third-order valence-corrected chi connectivity index (χ3v) is 2.93. The molecular weight excluding hydrogens is 242 g/mol. The van der Waals surface area contributed by atoms with Crippen LogP contribution in [-0.2, 0) is 13.6 Å². The summed E-state index contributed by atoms with van der Waals surface area (Å²) >= 11 is 0. The van der Waals surface area contributed by atoms with Gasteiger partial charge in [0, 0.05) is 26.0 Å². The highest BCUT2D eigenvalue weighted by Gasteiger charge is 2.06. The minimum atomic E-state index is 0.671. The fraction of sp³-hybridized carbons (Fsp3) is 0.250. The van der Waals surface area contributed by atoms with Crippen LogP contribution < -0.4 is 11.1 Å². The molecule has 0 amide bonds. The molecular formula is C12H15N7. The van der Waals surface area contributed by atoms with Gasteiger partial charge >= 0.3 is 0 Å². The van der Waals surface area contributed by atoms with Crippen molar-refractivity contribution < 1.29 is 0 Å². The van der Waals surface area contributed by atoms with Crippen molar-refractivity contribution in [3.8, 4) is 0 Å². The number of aromatic nitrogens is 5. The Labute approximate surface area is 110 Å². The van der Waals surface area contributed by atoms with E-state index in [2.05, 4.69) is 20.4 Å². The van der Waals surface area contributed by atoms with Crippen molar-refractivity contribution in [3.05, 3.63) is 31.0 Å². The second-order valence-corrected chi connectivity index (χ2v) is 4.35. The Kier molecular flexibility index (Phi) is 2.79. The van der Waals surface area contributed by atoms with Crippen LogP contribution in [0.5, 0.6) is 0 Å². The first-order chi connectivity index (χ1) is 9.24. The monoisotopic (exact) mass is 257 g/mol. The number of aryl methyl sites for hydroxylation is 1. The van der Waals surface area contributed by atoms with E-state index in [9.17, 15) is 0 Å². The van der Waals surface area contributed by atoms with E-state index in [0.29, 0.717) is 12.2 Å². The number of hydrogen-bond acceptors (Lipinski definition) is 5. The van der Waals surface area contributed by atoms with Crippen LogP contribution in [0.3, 0.4) is 0 Å². The number of hydrogen-bond donors (Lipinski definition) is 2. The molecule has 0 atom stereocenters. The van der Waals surface area contributed by atoms with Crippen LogP contribution in [-0.4, -0.2) is 30.9 Å². The molecule has 0 spiro atoms. The summed E-state index contributed by atoms with van der Waals surface area (Å²) in [5.74, 6) is 0.790. The molecule has 0 saturated heterocycles. The number of pyridine rings is 1. The molecule has 0 aliphatic rings. The van der Waals surface area contributed by atoms with E-state index in [4.69, 9.17) is 5.73 Å². The second kappa shape index (κ2) is 4.60. The average molecular weight is 257 g/mol. The van der Waals surface area contributed by atoms with Crippen molar-refractivity contribution in [1.82, 2.24) is 24.3 Å². The summed E-state index contributed by atoms with van der Waals surface area (Å²) in [7, 11) is 1.96. The van der Waals surface area contributed by atoms with Crippen molar-refractivity contribution in [2.24, 2.45) is 7.05 Å². The maximum atomic E-state index is 5.61. The Morgan fingerprint density at radius 2 is 2.26 bits per heavy atom. The van der Waals surface area contributed by atoms with Gasteiger partial charge < -0.3 is 15.6 Å². The number of nitrogens with one attached hydrogen (secondary N) is 1. The molecule has 0 aliphatic carbocycles. The van der Waals surface area contributed by atoms with Crippen molar-refractivity contribution in [3.63, 3.8) is 0 Å². The molecule has 0 aromatic carbocycles. The normalized spacial score (nSPS) is 11.0. The van der Waals surface area contributed by atoms with E-state index in [-0.39, 0.29) is 0 Å². The van der Waals surface area contributed by atoms with E-state index in [1.807, 2.05) is 17.7 Å². The molecule has 7 nitrogen and oxygen atoms in total. The van der Waals surface area contributed by atoms with E-state index in [1.165, 1.54) is 0 Å². The fourth-order valence-electron chi connectivity index (χ4n) is 1.98. The quantitative estimate of drug-likeness (QED) is 0.724. The molecule has 3 heterocycles. The predicted octanol–water partition coefficient (Wildman–Crippen LogP) is 0.859. The highest BCUT2D eigenvalue weighted by molar-refractivity contribution is 5.85. The number of imidazole rings is 1. The Bertz CT molecular complexity index is 697. The first-order valence-electron chi connectivity index (χ1n) is 6.02. The van der Waals surface area contributed by atoms with Crippen molar-refractivity contribution in [2.75, 3.05) is 17.6 Å². The van der Waals surface area contributed by atoms with Gasteiger partial charge in [0.25, 0.3) is 0 Å². The van der Waals surface area contributed by atoms with Gasteiger partial charge in [-0.25, -0.2) is 9.97 Å². The molecule has 3 aromatic heterocycles. The van der Waals surface area contributed by atoms with Crippen LogP contribution in [0.4, 0.5) is 11.5 Å². The summed E-state index contributed by atoms with van der Waals surface area (Å²) in [4.78, 5) is 8.66. The van der Waals surface area contributed by atoms with Crippen LogP contribution >= 0.6 is 0 Å². The number of nitrogen functional groups attached to an aromatic ring is 1. The molecule has 98 valence electrons. The highest BCUT2D eigenvalue weighted by atomic mass is 15.3. The lowest BCUT2D eigenvalue weighted by atomic mass is 10.3. The molecule has 3 aromatic rings. The van der Waals surface area contributed by atoms with Gasteiger partial charge in [-0.3, -0.25) is 4.68 Å². The topological polar surface area (TPSA) is 86.6 Å². The van der Waals surface area contributed by atoms with Crippen LogP contribution in [0, 0.1) is 0 Å². The van der Waals surface area contributed by atoms with Crippen molar-refractivity contribution in [2.45, 2.75) is 6.54 Å². The zero-order valence-corrected chi connectivity index (χ0v) is 10.6. The predicted molar refractivity (Wildman–Crippen MR) is 73.6 cm³/mol. The number of anilines is 2. The van der Waals surface area contributed by atoms with Crippen LogP contribution in [0.1, 0.15) is 0 Å². The number of nitrogens with two attached hydrogens (primary N) is 1. The molecule has 19 heavy (non-hydrogen) atoms. The number of fused-ring (bicyclic) bond motifs is 1. The smallest absolute Gasteiger partial charge is 0.154 e. The molecule has 3 N–H and O–H groups in total. The van der Waals surface area contributed by atoms with Crippen LogP contribution in [0.25, 0.3) is 11.0 Å².